The fourth-order valence-corrected chi connectivity index (χ4v) is 2.31. The van der Waals surface area contributed by atoms with E-state index < -0.39 is 0 Å². The molecule has 3 heteroatoms. The molecule has 0 aromatic heterocycles. The summed E-state index contributed by atoms with van der Waals surface area (Å²) in [6.45, 7) is 7.91. The van der Waals surface area contributed by atoms with Gasteiger partial charge in [-0.15, -0.1) is 0 Å². The number of nitrogens with one attached hydrogen (secondary N) is 1. The van der Waals surface area contributed by atoms with Crippen molar-refractivity contribution in [3.63, 3.8) is 0 Å². The maximum atomic E-state index is 6.08. The molecule has 0 saturated heterocycles. The van der Waals surface area contributed by atoms with E-state index in [-0.39, 0.29) is 0 Å². The van der Waals surface area contributed by atoms with Gasteiger partial charge in [0.1, 0.15) is 11.5 Å². The van der Waals surface area contributed by atoms with E-state index in [1.807, 2.05) is 30.3 Å². The molecule has 0 amide bonds. The van der Waals surface area contributed by atoms with Gasteiger partial charge in [0.05, 0.1) is 0 Å². The minimum atomic E-state index is 0.685. The highest BCUT2D eigenvalue weighted by atomic mass is 35.5. The number of ether oxygens (including phenoxy) is 1. The largest absolute Gasteiger partial charge is 0.457 e. The third kappa shape index (κ3) is 3.99. The molecule has 1 N–H and O–H groups in total. The molecular weight excluding hydrogens is 270 g/mol. The normalized spacial score (nSPS) is 10.6. The molecule has 2 nitrogen and oxygen atoms in total. The second-order valence-corrected chi connectivity index (χ2v) is 5.39. The SMILES string of the molecule is CCNCc1ccc(Cl)cc1Oc1cc(C)cc(C)c1. The van der Waals surface area contributed by atoms with Gasteiger partial charge < -0.3 is 10.1 Å². The summed E-state index contributed by atoms with van der Waals surface area (Å²) >= 11 is 6.08. The number of aryl methyl sites for hydroxylation is 2. The molecule has 0 aliphatic rings. The zero-order valence-corrected chi connectivity index (χ0v) is 12.9. The summed E-state index contributed by atoms with van der Waals surface area (Å²) < 4.78 is 6.02. The Balaban J connectivity index is 2.28. The molecule has 0 aliphatic heterocycles. The first-order chi connectivity index (χ1) is 9.58. The van der Waals surface area contributed by atoms with Gasteiger partial charge in [-0.2, -0.15) is 0 Å². The van der Waals surface area contributed by atoms with Crippen LogP contribution in [0.25, 0.3) is 0 Å². The Morgan fingerprint density at radius 3 is 2.40 bits per heavy atom. The van der Waals surface area contributed by atoms with Crippen LogP contribution in [-0.2, 0) is 6.54 Å². The van der Waals surface area contributed by atoms with Gasteiger partial charge in [-0.25, -0.2) is 0 Å². The molecule has 0 aliphatic carbocycles. The van der Waals surface area contributed by atoms with E-state index in [0.717, 1.165) is 30.2 Å². The number of benzene rings is 2. The van der Waals surface area contributed by atoms with Crippen LogP contribution in [0.15, 0.2) is 36.4 Å². The van der Waals surface area contributed by atoms with E-state index >= 15 is 0 Å². The number of hydrogen-bond acceptors (Lipinski definition) is 2. The molecule has 0 fully saturated rings. The van der Waals surface area contributed by atoms with Crippen LogP contribution in [0.2, 0.25) is 5.02 Å². The van der Waals surface area contributed by atoms with Gasteiger partial charge >= 0.3 is 0 Å². The Labute approximate surface area is 125 Å². The van der Waals surface area contributed by atoms with E-state index in [1.54, 1.807) is 0 Å². The van der Waals surface area contributed by atoms with Crippen LogP contribution in [-0.4, -0.2) is 6.54 Å². The van der Waals surface area contributed by atoms with Crippen LogP contribution in [0.1, 0.15) is 23.6 Å². The molecule has 0 unspecified atom stereocenters. The Bertz CT molecular complexity index is 575. The highest BCUT2D eigenvalue weighted by Gasteiger charge is 2.07. The van der Waals surface area contributed by atoms with E-state index in [9.17, 15) is 0 Å². The van der Waals surface area contributed by atoms with Gasteiger partial charge in [-0.05, 0) is 55.8 Å². The summed E-state index contributed by atoms with van der Waals surface area (Å²) in [7, 11) is 0. The molecule has 0 bridgehead atoms. The maximum Gasteiger partial charge on any atom is 0.133 e. The molecule has 2 aromatic carbocycles. The van der Waals surface area contributed by atoms with Crippen LogP contribution >= 0.6 is 11.6 Å². The lowest BCUT2D eigenvalue weighted by atomic mass is 10.1. The summed E-state index contributed by atoms with van der Waals surface area (Å²) in [5, 5.41) is 3.99. The predicted octanol–water partition coefficient (Wildman–Crippen LogP) is 4.86. The molecule has 0 spiro atoms. The topological polar surface area (TPSA) is 21.3 Å². The van der Waals surface area contributed by atoms with E-state index in [1.165, 1.54) is 11.1 Å². The Morgan fingerprint density at radius 1 is 1.05 bits per heavy atom. The van der Waals surface area contributed by atoms with Crippen molar-refractivity contribution < 1.29 is 4.74 Å². The van der Waals surface area contributed by atoms with Crippen LogP contribution < -0.4 is 10.1 Å². The zero-order valence-electron chi connectivity index (χ0n) is 12.2. The number of rotatable bonds is 5. The standard InChI is InChI=1S/C17H20ClNO/c1-4-19-11-14-5-6-15(18)10-17(14)20-16-8-12(2)7-13(3)9-16/h5-10,19H,4,11H2,1-3H3. The maximum absolute atomic E-state index is 6.08. The number of hydrogen-bond donors (Lipinski definition) is 1. The molecule has 0 radical (unpaired) electrons. The third-order valence-electron chi connectivity index (χ3n) is 3.02. The average Bonchev–Trinajstić information content (AvgIpc) is 2.36. The first-order valence-electron chi connectivity index (χ1n) is 6.84. The lowest BCUT2D eigenvalue weighted by molar-refractivity contribution is 0.472. The molecule has 2 aromatic rings. The van der Waals surface area contributed by atoms with Crippen molar-refractivity contribution in [2.24, 2.45) is 0 Å². The van der Waals surface area contributed by atoms with E-state index in [4.69, 9.17) is 16.3 Å². The van der Waals surface area contributed by atoms with Crippen molar-refractivity contribution in [3.8, 4) is 11.5 Å². The molecule has 0 atom stereocenters. The first kappa shape index (κ1) is 14.9. The fourth-order valence-electron chi connectivity index (χ4n) is 2.15. The highest BCUT2D eigenvalue weighted by molar-refractivity contribution is 6.30. The quantitative estimate of drug-likeness (QED) is 0.849. The molecule has 2 rings (SSSR count). The Hall–Kier alpha value is -1.51. The summed E-state index contributed by atoms with van der Waals surface area (Å²) in [5.41, 5.74) is 3.49. The Morgan fingerprint density at radius 2 is 1.75 bits per heavy atom. The van der Waals surface area contributed by atoms with E-state index in [2.05, 4.69) is 32.2 Å². The number of halogens is 1. The summed E-state index contributed by atoms with van der Waals surface area (Å²) in [4.78, 5) is 0. The second-order valence-electron chi connectivity index (χ2n) is 4.96. The van der Waals surface area contributed by atoms with Crippen LogP contribution in [0.4, 0.5) is 0 Å². The van der Waals surface area contributed by atoms with Crippen LogP contribution in [0.3, 0.4) is 0 Å². The average molecular weight is 290 g/mol. The van der Waals surface area contributed by atoms with Crippen molar-refractivity contribution in [1.29, 1.82) is 0 Å². The van der Waals surface area contributed by atoms with Crippen LogP contribution in [0, 0.1) is 13.8 Å². The van der Waals surface area contributed by atoms with Gasteiger partial charge in [0.2, 0.25) is 0 Å². The Kier molecular flexibility index (Phi) is 5.05. The minimum absolute atomic E-state index is 0.685. The van der Waals surface area contributed by atoms with Crippen molar-refractivity contribution in [3.05, 3.63) is 58.1 Å². The van der Waals surface area contributed by atoms with Gasteiger partial charge in [-0.3, -0.25) is 0 Å². The monoisotopic (exact) mass is 289 g/mol. The second kappa shape index (κ2) is 6.78. The van der Waals surface area contributed by atoms with Gasteiger partial charge in [0.25, 0.3) is 0 Å². The third-order valence-corrected chi connectivity index (χ3v) is 3.25. The molecule has 0 saturated carbocycles. The highest BCUT2D eigenvalue weighted by Crippen LogP contribution is 2.29. The van der Waals surface area contributed by atoms with Crippen molar-refractivity contribution in [2.75, 3.05) is 6.54 Å². The van der Waals surface area contributed by atoms with Crippen molar-refractivity contribution >= 4 is 11.6 Å². The van der Waals surface area contributed by atoms with Crippen LogP contribution in [0.5, 0.6) is 11.5 Å². The summed E-state index contributed by atoms with van der Waals surface area (Å²) in [6, 6.07) is 12.0. The van der Waals surface area contributed by atoms with Gasteiger partial charge in [-0.1, -0.05) is 30.7 Å². The van der Waals surface area contributed by atoms with Crippen molar-refractivity contribution in [2.45, 2.75) is 27.3 Å². The molecule has 106 valence electrons. The summed E-state index contributed by atoms with van der Waals surface area (Å²) in [5.74, 6) is 1.66. The first-order valence-corrected chi connectivity index (χ1v) is 7.21. The zero-order chi connectivity index (χ0) is 14.5. The van der Waals surface area contributed by atoms with Gasteiger partial charge in [0, 0.05) is 17.1 Å². The minimum Gasteiger partial charge on any atom is -0.457 e. The summed E-state index contributed by atoms with van der Waals surface area (Å²) in [6.07, 6.45) is 0. The smallest absolute Gasteiger partial charge is 0.133 e. The predicted molar refractivity (Wildman–Crippen MR) is 84.8 cm³/mol. The molecule has 20 heavy (non-hydrogen) atoms. The molecular formula is C17H20ClNO. The van der Waals surface area contributed by atoms with Crippen molar-refractivity contribution in [1.82, 2.24) is 5.32 Å². The lowest BCUT2D eigenvalue weighted by Gasteiger charge is -2.13. The van der Waals surface area contributed by atoms with Gasteiger partial charge in [0.15, 0.2) is 0 Å². The lowest BCUT2D eigenvalue weighted by Crippen LogP contribution is -2.12. The molecule has 0 heterocycles. The fraction of sp³-hybridized carbons (Fsp3) is 0.294. The van der Waals surface area contributed by atoms with E-state index in [0.29, 0.717) is 5.02 Å².